The summed E-state index contributed by atoms with van der Waals surface area (Å²) in [5, 5.41) is 2.91. The van der Waals surface area contributed by atoms with Gasteiger partial charge in [-0.2, -0.15) is 0 Å². The Balaban J connectivity index is 1.75. The third kappa shape index (κ3) is 4.75. The summed E-state index contributed by atoms with van der Waals surface area (Å²) >= 11 is 1.02. The van der Waals surface area contributed by atoms with Crippen LogP contribution in [-0.4, -0.2) is 39.4 Å². The van der Waals surface area contributed by atoms with Crippen LogP contribution in [0, 0.1) is 13.8 Å². The number of aromatic nitrogens is 1. The van der Waals surface area contributed by atoms with Crippen molar-refractivity contribution in [3.63, 3.8) is 0 Å². The molecule has 0 fully saturated rings. The van der Waals surface area contributed by atoms with E-state index in [-0.39, 0.29) is 10.0 Å². The summed E-state index contributed by atoms with van der Waals surface area (Å²) in [5.74, 6) is -0.946. The van der Waals surface area contributed by atoms with Crippen LogP contribution in [0.25, 0.3) is 0 Å². The van der Waals surface area contributed by atoms with Crippen LogP contribution in [0.5, 0.6) is 0 Å². The summed E-state index contributed by atoms with van der Waals surface area (Å²) in [7, 11) is -0.992. The number of carbonyl (C=O) groups excluding carboxylic acids is 2. The van der Waals surface area contributed by atoms with Crippen molar-refractivity contribution in [1.29, 1.82) is 0 Å². The Kier molecular flexibility index (Phi) is 6.42. The second-order valence-electron chi connectivity index (χ2n) is 6.71. The van der Waals surface area contributed by atoms with Gasteiger partial charge in [0.05, 0.1) is 23.4 Å². The van der Waals surface area contributed by atoms with E-state index in [0.29, 0.717) is 21.8 Å². The Morgan fingerprint density at radius 2 is 1.65 bits per heavy atom. The summed E-state index contributed by atoms with van der Waals surface area (Å²) in [6, 6.07) is 12.7. The van der Waals surface area contributed by atoms with Crippen LogP contribution in [0.4, 0.5) is 10.8 Å². The van der Waals surface area contributed by atoms with Crippen molar-refractivity contribution >= 4 is 44.1 Å². The predicted octanol–water partition coefficient (Wildman–Crippen LogP) is 3.62. The standard InChI is InChI=1S/C21H21N3O5S2/c1-13-5-11-17(12-6-13)31(27,28)24(3)16-9-7-15(8-10-16)19(25)23-21-22-14(2)18(30-21)20(26)29-4/h5-12H,1-4H3,(H,22,23,25). The number of thiazole rings is 1. The lowest BCUT2D eigenvalue weighted by Gasteiger charge is -2.20. The Hall–Kier alpha value is -3.24. The third-order valence-corrected chi connectivity index (χ3v) is 7.41. The number of hydrogen-bond acceptors (Lipinski definition) is 7. The summed E-state index contributed by atoms with van der Waals surface area (Å²) < 4.78 is 31.5. The maximum Gasteiger partial charge on any atom is 0.350 e. The lowest BCUT2D eigenvalue weighted by Crippen LogP contribution is -2.26. The van der Waals surface area contributed by atoms with Gasteiger partial charge in [0.1, 0.15) is 4.88 Å². The van der Waals surface area contributed by atoms with E-state index in [1.807, 2.05) is 6.92 Å². The van der Waals surface area contributed by atoms with Crippen molar-refractivity contribution < 1.29 is 22.7 Å². The van der Waals surface area contributed by atoms with Crippen molar-refractivity contribution in [2.24, 2.45) is 0 Å². The monoisotopic (exact) mass is 459 g/mol. The lowest BCUT2D eigenvalue weighted by atomic mass is 10.2. The second kappa shape index (κ2) is 8.86. The topological polar surface area (TPSA) is 106 Å². The van der Waals surface area contributed by atoms with E-state index in [9.17, 15) is 18.0 Å². The number of methoxy groups -OCH3 is 1. The number of anilines is 2. The average molecular weight is 460 g/mol. The summed E-state index contributed by atoms with van der Waals surface area (Å²) in [6.45, 7) is 3.53. The largest absolute Gasteiger partial charge is 0.465 e. The first-order valence-corrected chi connectivity index (χ1v) is 11.4. The normalized spacial score (nSPS) is 11.1. The van der Waals surface area contributed by atoms with Gasteiger partial charge >= 0.3 is 5.97 Å². The minimum Gasteiger partial charge on any atom is -0.465 e. The molecule has 0 aliphatic carbocycles. The molecule has 0 spiro atoms. The highest BCUT2D eigenvalue weighted by Crippen LogP contribution is 2.25. The van der Waals surface area contributed by atoms with Crippen LogP contribution < -0.4 is 9.62 Å². The minimum absolute atomic E-state index is 0.183. The molecule has 0 saturated carbocycles. The van der Waals surface area contributed by atoms with E-state index >= 15 is 0 Å². The quantitative estimate of drug-likeness (QED) is 0.565. The smallest absolute Gasteiger partial charge is 0.350 e. The first-order valence-electron chi connectivity index (χ1n) is 9.16. The Morgan fingerprint density at radius 3 is 2.23 bits per heavy atom. The molecule has 2 aromatic carbocycles. The molecule has 0 unspecified atom stereocenters. The molecule has 8 nitrogen and oxygen atoms in total. The number of ether oxygens (including phenoxy) is 1. The highest BCUT2D eigenvalue weighted by atomic mass is 32.2. The fourth-order valence-electron chi connectivity index (χ4n) is 2.73. The predicted molar refractivity (Wildman–Crippen MR) is 119 cm³/mol. The molecule has 162 valence electrons. The van der Waals surface area contributed by atoms with Crippen LogP contribution in [-0.2, 0) is 14.8 Å². The number of hydrogen-bond donors (Lipinski definition) is 1. The van der Waals surface area contributed by atoms with E-state index < -0.39 is 21.9 Å². The Morgan fingerprint density at radius 1 is 1.03 bits per heavy atom. The van der Waals surface area contributed by atoms with E-state index in [2.05, 4.69) is 15.0 Å². The van der Waals surface area contributed by atoms with Crippen LogP contribution in [0.15, 0.2) is 53.4 Å². The average Bonchev–Trinajstić information content (AvgIpc) is 3.12. The molecule has 3 aromatic rings. The molecule has 1 amide bonds. The lowest BCUT2D eigenvalue weighted by molar-refractivity contribution is 0.0605. The molecule has 0 aliphatic heterocycles. The van der Waals surface area contributed by atoms with E-state index in [4.69, 9.17) is 0 Å². The number of rotatable bonds is 6. The molecule has 1 N–H and O–H groups in total. The van der Waals surface area contributed by atoms with Gasteiger partial charge in [-0.3, -0.25) is 14.4 Å². The number of carbonyl (C=O) groups is 2. The molecular formula is C21H21N3O5S2. The molecule has 31 heavy (non-hydrogen) atoms. The van der Waals surface area contributed by atoms with Gasteiger partial charge < -0.3 is 4.74 Å². The van der Waals surface area contributed by atoms with Gasteiger partial charge in [-0.05, 0) is 50.2 Å². The zero-order chi connectivity index (χ0) is 22.8. The first kappa shape index (κ1) is 22.4. The van der Waals surface area contributed by atoms with Gasteiger partial charge in [-0.15, -0.1) is 0 Å². The van der Waals surface area contributed by atoms with Crippen LogP contribution in [0.2, 0.25) is 0 Å². The number of nitrogens with zero attached hydrogens (tertiary/aromatic N) is 2. The molecule has 0 saturated heterocycles. The van der Waals surface area contributed by atoms with Crippen LogP contribution >= 0.6 is 11.3 Å². The number of sulfonamides is 1. The first-order chi connectivity index (χ1) is 14.6. The van der Waals surface area contributed by atoms with Crippen molar-refractivity contribution in [3.8, 4) is 0 Å². The van der Waals surface area contributed by atoms with Gasteiger partial charge in [0.25, 0.3) is 15.9 Å². The van der Waals surface area contributed by atoms with Crippen molar-refractivity contribution in [3.05, 3.63) is 70.2 Å². The van der Waals surface area contributed by atoms with Gasteiger partial charge in [0.2, 0.25) is 0 Å². The van der Waals surface area contributed by atoms with E-state index in [1.54, 1.807) is 43.3 Å². The van der Waals surface area contributed by atoms with Gasteiger partial charge in [-0.1, -0.05) is 29.0 Å². The van der Waals surface area contributed by atoms with Crippen LogP contribution in [0.3, 0.4) is 0 Å². The summed E-state index contributed by atoms with van der Waals surface area (Å²) in [4.78, 5) is 28.9. The molecular weight excluding hydrogens is 438 g/mol. The van der Waals surface area contributed by atoms with Crippen LogP contribution in [0.1, 0.15) is 31.3 Å². The highest BCUT2D eigenvalue weighted by molar-refractivity contribution is 7.92. The molecule has 0 atom stereocenters. The van der Waals surface area contributed by atoms with Crippen molar-refractivity contribution in [2.45, 2.75) is 18.7 Å². The van der Waals surface area contributed by atoms with E-state index in [1.165, 1.54) is 26.3 Å². The maximum absolute atomic E-state index is 12.8. The zero-order valence-corrected chi connectivity index (χ0v) is 19.0. The summed E-state index contributed by atoms with van der Waals surface area (Å²) in [5.41, 5.74) is 2.16. The maximum atomic E-state index is 12.8. The fourth-order valence-corrected chi connectivity index (χ4v) is 4.81. The van der Waals surface area contributed by atoms with Gasteiger partial charge in [0, 0.05) is 12.6 Å². The number of benzene rings is 2. The number of aryl methyl sites for hydroxylation is 2. The fraction of sp³-hybridized carbons (Fsp3) is 0.190. The van der Waals surface area contributed by atoms with Gasteiger partial charge in [0.15, 0.2) is 5.13 Å². The molecule has 0 radical (unpaired) electrons. The van der Waals surface area contributed by atoms with E-state index in [0.717, 1.165) is 21.2 Å². The highest BCUT2D eigenvalue weighted by Gasteiger charge is 2.22. The molecule has 0 bridgehead atoms. The third-order valence-electron chi connectivity index (χ3n) is 4.56. The van der Waals surface area contributed by atoms with Crippen molar-refractivity contribution in [2.75, 3.05) is 23.8 Å². The van der Waals surface area contributed by atoms with Crippen molar-refractivity contribution in [1.82, 2.24) is 4.98 Å². The zero-order valence-electron chi connectivity index (χ0n) is 17.4. The van der Waals surface area contributed by atoms with Gasteiger partial charge in [-0.25, -0.2) is 18.2 Å². The molecule has 0 aliphatic rings. The summed E-state index contributed by atoms with van der Waals surface area (Å²) in [6.07, 6.45) is 0. The Labute approximate surface area is 184 Å². The molecule has 1 heterocycles. The number of amides is 1. The number of nitrogens with one attached hydrogen (secondary N) is 1. The SMILES string of the molecule is COC(=O)c1sc(NC(=O)c2ccc(N(C)S(=O)(=O)c3ccc(C)cc3)cc2)nc1C. The molecule has 1 aromatic heterocycles. The molecule has 10 heteroatoms. The molecule has 3 rings (SSSR count). The second-order valence-corrected chi connectivity index (χ2v) is 9.68. The Bertz CT molecular complexity index is 1220. The minimum atomic E-state index is -3.72. The number of esters is 1.